The van der Waals surface area contributed by atoms with Crippen molar-refractivity contribution < 1.29 is 14.6 Å². The van der Waals surface area contributed by atoms with Gasteiger partial charge in [0.05, 0.1) is 22.8 Å². The Kier molecular flexibility index (Phi) is 4.52. The zero-order valence-corrected chi connectivity index (χ0v) is 12.8. The molecule has 6 heteroatoms. The highest BCUT2D eigenvalue weighted by Crippen LogP contribution is 2.30. The van der Waals surface area contributed by atoms with Crippen LogP contribution in [0.3, 0.4) is 0 Å². The van der Waals surface area contributed by atoms with Gasteiger partial charge in [-0.05, 0) is 46.3 Å². The second kappa shape index (κ2) is 6.15. The molecule has 0 aliphatic heterocycles. The van der Waals surface area contributed by atoms with E-state index in [2.05, 4.69) is 21.2 Å². The Hall–Kier alpha value is -1.72. The number of methoxy groups -OCH3 is 1. The van der Waals surface area contributed by atoms with Gasteiger partial charge in [-0.2, -0.15) is 0 Å². The maximum atomic E-state index is 11.2. The van der Waals surface area contributed by atoms with Gasteiger partial charge in [-0.1, -0.05) is 11.6 Å². The Morgan fingerprint density at radius 2 is 2.05 bits per heavy atom. The van der Waals surface area contributed by atoms with E-state index in [1.165, 1.54) is 6.07 Å². The van der Waals surface area contributed by atoms with E-state index in [-0.39, 0.29) is 5.56 Å². The van der Waals surface area contributed by atoms with E-state index in [1.54, 1.807) is 25.3 Å². The molecular weight excluding hydrogens is 346 g/mol. The Balaban J connectivity index is 2.37. The van der Waals surface area contributed by atoms with Gasteiger partial charge in [-0.25, -0.2) is 4.79 Å². The van der Waals surface area contributed by atoms with Crippen molar-refractivity contribution in [3.05, 3.63) is 51.5 Å². The van der Waals surface area contributed by atoms with Gasteiger partial charge in [-0.15, -0.1) is 0 Å². The maximum Gasteiger partial charge on any atom is 0.337 e. The second-order valence-corrected chi connectivity index (χ2v) is 5.26. The lowest BCUT2D eigenvalue weighted by Crippen LogP contribution is -2.02. The molecule has 4 nitrogen and oxygen atoms in total. The normalized spacial score (nSPS) is 10.2. The van der Waals surface area contributed by atoms with Crippen molar-refractivity contribution in [2.24, 2.45) is 0 Å². The molecule has 20 heavy (non-hydrogen) atoms. The van der Waals surface area contributed by atoms with Gasteiger partial charge >= 0.3 is 5.97 Å². The predicted octanol–water partition coefficient (Wildman–Crippen LogP) is 4.55. The van der Waals surface area contributed by atoms with Gasteiger partial charge in [0, 0.05) is 16.8 Å². The predicted molar refractivity (Wildman–Crippen MR) is 82.4 cm³/mol. The molecule has 0 saturated heterocycles. The molecule has 2 N–H and O–H groups in total. The first-order chi connectivity index (χ1) is 9.51. The van der Waals surface area contributed by atoms with Crippen molar-refractivity contribution in [3.63, 3.8) is 0 Å². The second-order valence-electron chi connectivity index (χ2n) is 3.97. The van der Waals surface area contributed by atoms with Crippen molar-refractivity contribution in [1.29, 1.82) is 0 Å². The molecule has 2 aromatic rings. The summed E-state index contributed by atoms with van der Waals surface area (Å²) >= 11 is 9.17. The number of carboxylic acids is 1. The molecule has 0 fully saturated rings. The molecule has 0 radical (unpaired) electrons. The van der Waals surface area contributed by atoms with E-state index >= 15 is 0 Å². The van der Waals surface area contributed by atoms with E-state index < -0.39 is 5.97 Å². The highest BCUT2D eigenvalue weighted by Gasteiger charge is 2.11. The Morgan fingerprint density at radius 3 is 2.70 bits per heavy atom. The smallest absolute Gasteiger partial charge is 0.337 e. The van der Waals surface area contributed by atoms with Gasteiger partial charge in [-0.3, -0.25) is 0 Å². The molecule has 0 aliphatic rings. The Morgan fingerprint density at radius 1 is 1.30 bits per heavy atom. The number of halogens is 2. The molecule has 0 unspecified atom stereocenters. The number of anilines is 2. The van der Waals surface area contributed by atoms with Crippen LogP contribution in [0.15, 0.2) is 40.9 Å². The van der Waals surface area contributed by atoms with Crippen LogP contribution in [0.25, 0.3) is 0 Å². The summed E-state index contributed by atoms with van der Waals surface area (Å²) in [5.74, 6) is -0.389. The third-order valence-corrected chi connectivity index (χ3v) is 3.53. The third kappa shape index (κ3) is 3.23. The molecular formula is C14H11BrClNO3. The largest absolute Gasteiger partial charge is 0.495 e. The molecule has 0 amide bonds. The standard InChI is InChI=1S/C14H11BrClNO3/c1-20-13-7-9(3-4-11(13)15)17-12-5-2-8(16)6-10(12)14(18)19/h2-7,17H,1H3,(H,18,19). The van der Waals surface area contributed by atoms with Crippen LogP contribution < -0.4 is 10.1 Å². The molecule has 104 valence electrons. The fourth-order valence-corrected chi connectivity index (χ4v) is 2.28. The molecule has 0 atom stereocenters. The quantitative estimate of drug-likeness (QED) is 0.843. The minimum Gasteiger partial charge on any atom is -0.495 e. The number of carboxylic acid groups (broad SMARTS) is 1. The summed E-state index contributed by atoms with van der Waals surface area (Å²) < 4.78 is 6.02. The summed E-state index contributed by atoms with van der Waals surface area (Å²) in [6, 6.07) is 10.1. The number of hydrogen-bond acceptors (Lipinski definition) is 3. The first-order valence-corrected chi connectivity index (χ1v) is 6.82. The van der Waals surface area contributed by atoms with E-state index in [0.29, 0.717) is 16.5 Å². The summed E-state index contributed by atoms with van der Waals surface area (Å²) in [5, 5.41) is 12.6. The van der Waals surface area contributed by atoms with Gasteiger partial charge in [0.15, 0.2) is 0 Å². The first kappa shape index (κ1) is 14.7. The number of benzene rings is 2. The summed E-state index contributed by atoms with van der Waals surface area (Å²) in [6.45, 7) is 0. The van der Waals surface area contributed by atoms with Gasteiger partial charge in [0.1, 0.15) is 5.75 Å². The number of nitrogens with one attached hydrogen (secondary N) is 1. The fourth-order valence-electron chi connectivity index (χ4n) is 1.70. The Labute approximate surface area is 129 Å². The van der Waals surface area contributed by atoms with Gasteiger partial charge in [0.25, 0.3) is 0 Å². The summed E-state index contributed by atoms with van der Waals surface area (Å²) in [5.41, 5.74) is 1.29. The van der Waals surface area contributed by atoms with Crippen LogP contribution in [0.4, 0.5) is 11.4 Å². The maximum absolute atomic E-state index is 11.2. The van der Waals surface area contributed by atoms with Crippen LogP contribution in [-0.4, -0.2) is 18.2 Å². The molecule has 2 rings (SSSR count). The zero-order valence-electron chi connectivity index (χ0n) is 10.5. The average Bonchev–Trinajstić information content (AvgIpc) is 2.42. The lowest BCUT2D eigenvalue weighted by molar-refractivity contribution is 0.0698. The molecule has 2 aromatic carbocycles. The summed E-state index contributed by atoms with van der Waals surface area (Å²) in [6.07, 6.45) is 0. The van der Waals surface area contributed by atoms with Crippen LogP contribution in [0, 0.1) is 0 Å². The number of rotatable bonds is 4. The average molecular weight is 357 g/mol. The van der Waals surface area contributed by atoms with Gasteiger partial charge in [0.2, 0.25) is 0 Å². The minimum atomic E-state index is -1.04. The van der Waals surface area contributed by atoms with Crippen LogP contribution in [-0.2, 0) is 0 Å². The lowest BCUT2D eigenvalue weighted by Gasteiger charge is -2.12. The number of carbonyl (C=O) groups is 1. The minimum absolute atomic E-state index is 0.111. The molecule has 0 aromatic heterocycles. The molecule has 0 spiro atoms. The van der Waals surface area contributed by atoms with Crippen molar-refractivity contribution in [3.8, 4) is 5.75 Å². The van der Waals surface area contributed by atoms with Crippen LogP contribution in [0.1, 0.15) is 10.4 Å². The van der Waals surface area contributed by atoms with Crippen molar-refractivity contribution in [1.82, 2.24) is 0 Å². The summed E-state index contributed by atoms with van der Waals surface area (Å²) in [7, 11) is 1.56. The van der Waals surface area contributed by atoms with Crippen molar-refractivity contribution >= 4 is 44.9 Å². The topological polar surface area (TPSA) is 58.6 Å². The first-order valence-electron chi connectivity index (χ1n) is 5.64. The molecule has 0 bridgehead atoms. The van der Waals surface area contributed by atoms with Crippen LogP contribution >= 0.6 is 27.5 Å². The van der Waals surface area contributed by atoms with Crippen LogP contribution in [0.2, 0.25) is 5.02 Å². The number of aromatic carboxylic acids is 1. The van der Waals surface area contributed by atoms with Crippen LogP contribution in [0.5, 0.6) is 5.75 Å². The van der Waals surface area contributed by atoms with E-state index in [0.717, 1.165) is 10.2 Å². The SMILES string of the molecule is COc1cc(Nc2ccc(Cl)cc2C(=O)O)ccc1Br. The third-order valence-electron chi connectivity index (χ3n) is 2.64. The van der Waals surface area contributed by atoms with Crippen molar-refractivity contribution in [2.75, 3.05) is 12.4 Å². The fraction of sp³-hybridized carbons (Fsp3) is 0.0714. The highest BCUT2D eigenvalue weighted by molar-refractivity contribution is 9.10. The van der Waals surface area contributed by atoms with E-state index in [1.807, 2.05) is 12.1 Å². The summed E-state index contributed by atoms with van der Waals surface area (Å²) in [4.78, 5) is 11.2. The van der Waals surface area contributed by atoms with Gasteiger partial charge < -0.3 is 15.2 Å². The molecule has 0 saturated carbocycles. The highest BCUT2D eigenvalue weighted by atomic mass is 79.9. The zero-order chi connectivity index (χ0) is 14.7. The van der Waals surface area contributed by atoms with E-state index in [9.17, 15) is 9.90 Å². The monoisotopic (exact) mass is 355 g/mol. The van der Waals surface area contributed by atoms with Crippen molar-refractivity contribution in [2.45, 2.75) is 0 Å². The molecule has 0 heterocycles. The molecule has 0 aliphatic carbocycles. The Bertz CT molecular complexity index is 661. The number of ether oxygens (including phenoxy) is 1. The van der Waals surface area contributed by atoms with E-state index in [4.69, 9.17) is 16.3 Å². The number of hydrogen-bond donors (Lipinski definition) is 2. The lowest BCUT2D eigenvalue weighted by atomic mass is 10.1.